The Hall–Kier alpha value is -2.01. The SMILES string of the molecule is CCNC(=NCc1ccon1)N1CCN(Cc2cc(OC)ccc2OC)CC1.I. The molecule has 0 bridgehead atoms. The predicted molar refractivity (Wildman–Crippen MR) is 123 cm³/mol. The summed E-state index contributed by atoms with van der Waals surface area (Å²) >= 11 is 0. The molecule has 0 unspecified atom stereocenters. The Morgan fingerprint density at radius 1 is 1.17 bits per heavy atom. The maximum Gasteiger partial charge on any atom is 0.194 e. The first-order valence-electron chi connectivity index (χ1n) is 9.59. The lowest BCUT2D eigenvalue weighted by Crippen LogP contribution is -2.52. The van der Waals surface area contributed by atoms with E-state index in [-0.39, 0.29) is 24.0 Å². The number of aliphatic imine (C=N–C) groups is 1. The van der Waals surface area contributed by atoms with Crippen molar-refractivity contribution in [3.05, 3.63) is 41.8 Å². The Balaban J connectivity index is 0.00000300. The monoisotopic (exact) mass is 515 g/mol. The van der Waals surface area contributed by atoms with Crippen molar-refractivity contribution >= 4 is 29.9 Å². The summed E-state index contributed by atoms with van der Waals surface area (Å²) in [5, 5.41) is 7.30. The molecule has 0 radical (unpaired) electrons. The molecule has 8 nitrogen and oxygen atoms in total. The van der Waals surface area contributed by atoms with Gasteiger partial charge in [-0.1, -0.05) is 5.16 Å². The third-order valence-electron chi connectivity index (χ3n) is 4.77. The smallest absolute Gasteiger partial charge is 0.194 e. The van der Waals surface area contributed by atoms with Gasteiger partial charge in [0.05, 0.1) is 20.8 Å². The Kier molecular flexibility index (Phi) is 9.52. The quantitative estimate of drug-likeness (QED) is 0.345. The predicted octanol–water partition coefficient (Wildman–Crippen LogP) is 2.59. The van der Waals surface area contributed by atoms with Crippen LogP contribution in [0.3, 0.4) is 0 Å². The summed E-state index contributed by atoms with van der Waals surface area (Å²) in [5.41, 5.74) is 1.97. The second kappa shape index (κ2) is 11.9. The fourth-order valence-electron chi connectivity index (χ4n) is 3.26. The van der Waals surface area contributed by atoms with E-state index >= 15 is 0 Å². The molecule has 0 amide bonds. The molecule has 2 aromatic rings. The zero-order valence-corrected chi connectivity index (χ0v) is 19.6. The second-order valence-corrected chi connectivity index (χ2v) is 6.60. The molecular formula is C20H30IN5O3. The van der Waals surface area contributed by atoms with Crippen LogP contribution in [-0.2, 0) is 13.1 Å². The van der Waals surface area contributed by atoms with E-state index in [2.05, 4.69) is 33.3 Å². The van der Waals surface area contributed by atoms with Gasteiger partial charge in [0.2, 0.25) is 0 Å². The molecule has 0 saturated carbocycles. The van der Waals surface area contributed by atoms with Crippen LogP contribution in [0.15, 0.2) is 40.0 Å². The van der Waals surface area contributed by atoms with Crippen molar-refractivity contribution in [3.8, 4) is 11.5 Å². The van der Waals surface area contributed by atoms with Gasteiger partial charge in [-0.05, 0) is 25.1 Å². The van der Waals surface area contributed by atoms with Gasteiger partial charge in [0.1, 0.15) is 23.5 Å². The standard InChI is InChI=1S/C20H29N5O3.HI/c1-4-21-20(22-14-17-7-12-28-23-17)25-10-8-24(9-11-25)15-16-13-18(26-2)5-6-19(16)27-3;/h5-7,12-13H,4,8-11,14-15H2,1-3H3,(H,21,22);1H. The number of hydrogen-bond donors (Lipinski definition) is 1. The van der Waals surface area contributed by atoms with Gasteiger partial charge in [-0.15, -0.1) is 24.0 Å². The van der Waals surface area contributed by atoms with Gasteiger partial charge in [0.15, 0.2) is 5.96 Å². The lowest BCUT2D eigenvalue weighted by molar-refractivity contribution is 0.171. The van der Waals surface area contributed by atoms with E-state index in [1.165, 1.54) is 0 Å². The minimum absolute atomic E-state index is 0. The number of guanidine groups is 1. The van der Waals surface area contributed by atoms with Crippen LogP contribution in [0.25, 0.3) is 0 Å². The molecule has 1 aromatic carbocycles. The lowest BCUT2D eigenvalue weighted by Gasteiger charge is -2.36. The number of aromatic nitrogens is 1. The number of halogens is 1. The van der Waals surface area contributed by atoms with E-state index in [1.54, 1.807) is 20.5 Å². The van der Waals surface area contributed by atoms with Gasteiger partial charge >= 0.3 is 0 Å². The molecule has 1 aliphatic heterocycles. The Morgan fingerprint density at radius 2 is 1.97 bits per heavy atom. The molecule has 9 heteroatoms. The highest BCUT2D eigenvalue weighted by Crippen LogP contribution is 2.25. The topological polar surface area (TPSA) is 75.4 Å². The molecule has 1 saturated heterocycles. The third kappa shape index (κ3) is 6.49. The van der Waals surface area contributed by atoms with Gasteiger partial charge in [0.25, 0.3) is 0 Å². The van der Waals surface area contributed by atoms with E-state index in [0.29, 0.717) is 6.54 Å². The summed E-state index contributed by atoms with van der Waals surface area (Å²) < 4.78 is 15.7. The van der Waals surface area contributed by atoms with Crippen molar-refractivity contribution in [2.24, 2.45) is 4.99 Å². The van der Waals surface area contributed by atoms with E-state index in [0.717, 1.165) is 68.0 Å². The van der Waals surface area contributed by atoms with Crippen molar-refractivity contribution in [1.82, 2.24) is 20.3 Å². The summed E-state index contributed by atoms with van der Waals surface area (Å²) in [7, 11) is 3.39. The fraction of sp³-hybridized carbons (Fsp3) is 0.500. The molecule has 29 heavy (non-hydrogen) atoms. The van der Waals surface area contributed by atoms with E-state index < -0.39 is 0 Å². The molecule has 1 aliphatic rings. The number of piperazine rings is 1. The van der Waals surface area contributed by atoms with Gasteiger partial charge in [-0.2, -0.15) is 0 Å². The molecule has 2 heterocycles. The largest absolute Gasteiger partial charge is 0.497 e. The summed E-state index contributed by atoms with van der Waals surface area (Å²) in [4.78, 5) is 9.41. The highest BCUT2D eigenvalue weighted by atomic mass is 127. The van der Waals surface area contributed by atoms with Crippen molar-refractivity contribution in [2.75, 3.05) is 46.9 Å². The van der Waals surface area contributed by atoms with Crippen molar-refractivity contribution in [3.63, 3.8) is 0 Å². The maximum atomic E-state index is 5.51. The van der Waals surface area contributed by atoms with Crippen molar-refractivity contribution in [2.45, 2.75) is 20.0 Å². The number of benzene rings is 1. The number of methoxy groups -OCH3 is 2. The number of ether oxygens (including phenoxy) is 2. The normalized spacial score (nSPS) is 15.0. The summed E-state index contributed by atoms with van der Waals surface area (Å²) in [6, 6.07) is 7.78. The fourth-order valence-corrected chi connectivity index (χ4v) is 3.26. The molecule has 1 fully saturated rings. The van der Waals surface area contributed by atoms with Crippen LogP contribution >= 0.6 is 24.0 Å². The first kappa shape index (κ1) is 23.3. The molecule has 1 N–H and O–H groups in total. The van der Waals surface area contributed by atoms with Crippen LogP contribution in [0.4, 0.5) is 0 Å². The summed E-state index contributed by atoms with van der Waals surface area (Å²) in [5.74, 6) is 2.67. The molecular weight excluding hydrogens is 485 g/mol. The van der Waals surface area contributed by atoms with E-state index in [4.69, 9.17) is 19.0 Å². The van der Waals surface area contributed by atoms with Crippen LogP contribution in [0.5, 0.6) is 11.5 Å². The number of hydrogen-bond acceptors (Lipinski definition) is 6. The average molecular weight is 515 g/mol. The van der Waals surface area contributed by atoms with Gasteiger partial charge in [0, 0.05) is 50.9 Å². The first-order chi connectivity index (χ1) is 13.7. The maximum absolute atomic E-state index is 5.51. The van der Waals surface area contributed by atoms with Crippen molar-refractivity contribution in [1.29, 1.82) is 0 Å². The molecule has 1 aromatic heterocycles. The average Bonchev–Trinajstić information content (AvgIpc) is 3.25. The van der Waals surface area contributed by atoms with Crippen LogP contribution in [0, 0.1) is 0 Å². The molecule has 160 valence electrons. The summed E-state index contributed by atoms with van der Waals surface area (Å²) in [6.45, 7) is 7.99. The third-order valence-corrected chi connectivity index (χ3v) is 4.77. The second-order valence-electron chi connectivity index (χ2n) is 6.60. The van der Waals surface area contributed by atoms with Gasteiger partial charge < -0.3 is 24.2 Å². The minimum Gasteiger partial charge on any atom is -0.497 e. The number of nitrogens with one attached hydrogen (secondary N) is 1. The summed E-state index contributed by atoms with van der Waals surface area (Å²) in [6.07, 6.45) is 1.57. The Labute approximate surface area is 189 Å². The van der Waals surface area contributed by atoms with Crippen LogP contribution in [0.1, 0.15) is 18.2 Å². The molecule has 0 spiro atoms. The Bertz CT molecular complexity index is 761. The molecule has 0 atom stereocenters. The molecule has 0 aliphatic carbocycles. The lowest BCUT2D eigenvalue weighted by atomic mass is 10.1. The van der Waals surface area contributed by atoms with E-state index in [9.17, 15) is 0 Å². The van der Waals surface area contributed by atoms with E-state index in [1.807, 2.05) is 18.2 Å². The first-order valence-corrected chi connectivity index (χ1v) is 9.59. The highest BCUT2D eigenvalue weighted by Gasteiger charge is 2.21. The number of nitrogens with zero attached hydrogens (tertiary/aromatic N) is 4. The van der Waals surface area contributed by atoms with Crippen LogP contribution in [-0.4, -0.2) is 67.9 Å². The van der Waals surface area contributed by atoms with Gasteiger partial charge in [-0.25, -0.2) is 4.99 Å². The molecule has 3 rings (SSSR count). The zero-order chi connectivity index (χ0) is 19.8. The van der Waals surface area contributed by atoms with Crippen LogP contribution < -0.4 is 14.8 Å². The zero-order valence-electron chi connectivity index (χ0n) is 17.3. The van der Waals surface area contributed by atoms with Gasteiger partial charge in [-0.3, -0.25) is 4.90 Å². The highest BCUT2D eigenvalue weighted by molar-refractivity contribution is 14.0. The van der Waals surface area contributed by atoms with Crippen molar-refractivity contribution < 1.29 is 14.0 Å². The number of rotatable bonds is 7. The van der Waals surface area contributed by atoms with Crippen LogP contribution in [0.2, 0.25) is 0 Å². The Morgan fingerprint density at radius 3 is 2.59 bits per heavy atom. The minimum atomic E-state index is 0.